The number of aliphatic hydroxyl groups excluding tert-OH is 1. The SMILES string of the molecule is O=c1c2cc(Cl)ccc2ncn1C[C@H](O)COCc1cccs1. The highest BCUT2D eigenvalue weighted by molar-refractivity contribution is 7.09. The van der Waals surface area contributed by atoms with Crippen LogP contribution in [0.4, 0.5) is 0 Å². The molecule has 0 saturated heterocycles. The second-order valence-corrected chi connectivity index (χ2v) is 6.58. The van der Waals surface area contributed by atoms with Crippen LogP contribution in [-0.4, -0.2) is 27.4 Å². The Hall–Kier alpha value is -1.73. The molecular formula is C16H15ClN2O3S. The molecule has 3 aromatic rings. The van der Waals surface area contributed by atoms with Crippen molar-refractivity contribution in [1.29, 1.82) is 0 Å². The van der Waals surface area contributed by atoms with E-state index >= 15 is 0 Å². The van der Waals surface area contributed by atoms with Gasteiger partial charge >= 0.3 is 0 Å². The van der Waals surface area contributed by atoms with E-state index in [1.54, 1.807) is 29.5 Å². The summed E-state index contributed by atoms with van der Waals surface area (Å²) in [7, 11) is 0. The predicted molar refractivity (Wildman–Crippen MR) is 91.0 cm³/mol. The summed E-state index contributed by atoms with van der Waals surface area (Å²) in [6, 6.07) is 8.89. The van der Waals surface area contributed by atoms with Crippen LogP contribution in [-0.2, 0) is 17.9 Å². The van der Waals surface area contributed by atoms with Crippen molar-refractivity contribution in [3.63, 3.8) is 0 Å². The molecule has 0 radical (unpaired) electrons. The van der Waals surface area contributed by atoms with Crippen LogP contribution >= 0.6 is 22.9 Å². The van der Waals surface area contributed by atoms with Gasteiger partial charge in [0.15, 0.2) is 0 Å². The molecule has 1 atom stereocenters. The fraction of sp³-hybridized carbons (Fsp3) is 0.250. The second kappa shape index (κ2) is 7.23. The maximum Gasteiger partial charge on any atom is 0.261 e. The summed E-state index contributed by atoms with van der Waals surface area (Å²) in [6.45, 7) is 0.728. The van der Waals surface area contributed by atoms with E-state index in [0.717, 1.165) is 4.88 Å². The van der Waals surface area contributed by atoms with Crippen LogP contribution in [0.2, 0.25) is 5.02 Å². The first-order valence-electron chi connectivity index (χ1n) is 7.06. The number of nitrogens with zero attached hydrogens (tertiary/aromatic N) is 2. The number of aliphatic hydroxyl groups is 1. The Bertz CT molecular complexity index is 848. The van der Waals surface area contributed by atoms with Crippen LogP contribution in [0.15, 0.2) is 46.8 Å². The van der Waals surface area contributed by atoms with Gasteiger partial charge in [-0.15, -0.1) is 11.3 Å². The van der Waals surface area contributed by atoms with E-state index in [4.69, 9.17) is 16.3 Å². The van der Waals surface area contributed by atoms with Crippen LogP contribution in [0, 0.1) is 0 Å². The summed E-state index contributed by atoms with van der Waals surface area (Å²) in [4.78, 5) is 17.7. The number of halogens is 1. The number of aromatic nitrogens is 2. The van der Waals surface area contributed by atoms with Crippen LogP contribution in [0.3, 0.4) is 0 Å². The van der Waals surface area contributed by atoms with Crippen molar-refractivity contribution < 1.29 is 9.84 Å². The number of rotatable bonds is 6. The van der Waals surface area contributed by atoms with Crippen LogP contribution in [0.25, 0.3) is 10.9 Å². The summed E-state index contributed by atoms with van der Waals surface area (Å²) in [5.74, 6) is 0. The second-order valence-electron chi connectivity index (χ2n) is 5.11. The maximum absolute atomic E-state index is 12.4. The van der Waals surface area contributed by atoms with E-state index in [2.05, 4.69) is 4.98 Å². The van der Waals surface area contributed by atoms with Crippen molar-refractivity contribution >= 4 is 33.8 Å². The van der Waals surface area contributed by atoms with Gasteiger partial charge in [-0.2, -0.15) is 0 Å². The summed E-state index contributed by atoms with van der Waals surface area (Å²) in [6.07, 6.45) is 0.646. The minimum atomic E-state index is -0.786. The number of benzene rings is 1. The Balaban J connectivity index is 1.66. The zero-order chi connectivity index (χ0) is 16.2. The van der Waals surface area contributed by atoms with Crippen LogP contribution in [0.1, 0.15) is 4.88 Å². The molecule has 2 aromatic heterocycles. The van der Waals surface area contributed by atoms with Gasteiger partial charge in [-0.25, -0.2) is 4.98 Å². The number of hydrogen-bond acceptors (Lipinski definition) is 5. The average molecular weight is 351 g/mol. The molecule has 0 spiro atoms. The van der Waals surface area contributed by atoms with Crippen molar-refractivity contribution in [2.45, 2.75) is 19.3 Å². The topological polar surface area (TPSA) is 64.4 Å². The molecule has 0 unspecified atom stereocenters. The fourth-order valence-electron chi connectivity index (χ4n) is 2.23. The van der Waals surface area contributed by atoms with Crippen molar-refractivity contribution in [3.05, 3.63) is 62.3 Å². The van der Waals surface area contributed by atoms with E-state index in [1.165, 1.54) is 10.9 Å². The lowest BCUT2D eigenvalue weighted by Crippen LogP contribution is -2.29. The van der Waals surface area contributed by atoms with Gasteiger partial charge in [0.05, 0.1) is 43.1 Å². The highest BCUT2D eigenvalue weighted by atomic mass is 35.5. The van der Waals surface area contributed by atoms with Crippen LogP contribution < -0.4 is 5.56 Å². The molecule has 0 saturated carbocycles. The van der Waals surface area contributed by atoms with Crippen molar-refractivity contribution in [3.8, 4) is 0 Å². The molecular weight excluding hydrogens is 336 g/mol. The third kappa shape index (κ3) is 3.97. The molecule has 120 valence electrons. The standard InChI is InChI=1S/C16H15ClN2O3S/c17-11-3-4-15-14(6-11)16(21)19(10-18-15)7-12(20)8-22-9-13-2-1-5-23-13/h1-6,10,12,20H,7-9H2/t12-/m0/s1. The Labute approximate surface area is 141 Å². The lowest BCUT2D eigenvalue weighted by Gasteiger charge is -2.13. The first kappa shape index (κ1) is 16.1. The van der Waals surface area contributed by atoms with Gasteiger partial charge < -0.3 is 9.84 Å². The first-order valence-corrected chi connectivity index (χ1v) is 8.32. The number of thiophene rings is 1. The summed E-state index contributed by atoms with van der Waals surface area (Å²) in [5.41, 5.74) is 0.355. The quantitative estimate of drug-likeness (QED) is 0.742. The van der Waals surface area contributed by atoms with Gasteiger partial charge in [0.2, 0.25) is 0 Å². The van der Waals surface area contributed by atoms with Gasteiger partial charge in [-0.1, -0.05) is 17.7 Å². The molecule has 1 aromatic carbocycles. The zero-order valence-corrected chi connectivity index (χ0v) is 13.8. The zero-order valence-electron chi connectivity index (χ0n) is 12.2. The van der Waals surface area contributed by atoms with Gasteiger partial charge in [-0.05, 0) is 29.6 Å². The highest BCUT2D eigenvalue weighted by Crippen LogP contribution is 2.14. The minimum absolute atomic E-state index is 0.124. The van der Waals surface area contributed by atoms with E-state index in [-0.39, 0.29) is 18.7 Å². The predicted octanol–water partition coefficient (Wildman–Crippen LogP) is 2.69. The summed E-state index contributed by atoms with van der Waals surface area (Å²) >= 11 is 7.52. The third-order valence-corrected chi connectivity index (χ3v) is 4.41. The van der Waals surface area contributed by atoms with Crippen molar-refractivity contribution in [2.75, 3.05) is 6.61 Å². The van der Waals surface area contributed by atoms with Gasteiger partial charge in [0, 0.05) is 9.90 Å². The number of ether oxygens (including phenoxy) is 1. The van der Waals surface area contributed by atoms with Gasteiger partial charge in [-0.3, -0.25) is 9.36 Å². The minimum Gasteiger partial charge on any atom is -0.389 e. The summed E-state index contributed by atoms with van der Waals surface area (Å²) in [5, 5.41) is 12.9. The molecule has 7 heteroatoms. The molecule has 0 fully saturated rings. The normalized spacial score (nSPS) is 12.6. The molecule has 2 heterocycles. The summed E-state index contributed by atoms with van der Waals surface area (Å²) < 4.78 is 6.83. The molecule has 1 N–H and O–H groups in total. The molecule has 0 bridgehead atoms. The molecule has 5 nitrogen and oxygen atoms in total. The smallest absolute Gasteiger partial charge is 0.261 e. The van der Waals surface area contributed by atoms with Gasteiger partial charge in [0.1, 0.15) is 0 Å². The van der Waals surface area contributed by atoms with Crippen molar-refractivity contribution in [2.24, 2.45) is 0 Å². The first-order chi connectivity index (χ1) is 11.1. The Morgan fingerprint density at radius 3 is 3.04 bits per heavy atom. The monoisotopic (exact) mass is 350 g/mol. The molecule has 0 amide bonds. The Kier molecular flexibility index (Phi) is 5.07. The third-order valence-electron chi connectivity index (χ3n) is 3.33. The van der Waals surface area contributed by atoms with Crippen molar-refractivity contribution in [1.82, 2.24) is 9.55 Å². The Morgan fingerprint density at radius 1 is 1.39 bits per heavy atom. The number of hydrogen-bond donors (Lipinski definition) is 1. The highest BCUT2D eigenvalue weighted by Gasteiger charge is 2.10. The van der Waals surface area contributed by atoms with E-state index in [0.29, 0.717) is 22.5 Å². The molecule has 0 aliphatic carbocycles. The number of fused-ring (bicyclic) bond motifs is 1. The largest absolute Gasteiger partial charge is 0.389 e. The van der Waals surface area contributed by atoms with Gasteiger partial charge in [0.25, 0.3) is 5.56 Å². The van der Waals surface area contributed by atoms with E-state index < -0.39 is 6.10 Å². The lowest BCUT2D eigenvalue weighted by molar-refractivity contribution is 0.0207. The molecule has 0 aliphatic rings. The molecule has 0 aliphatic heterocycles. The van der Waals surface area contributed by atoms with E-state index in [1.807, 2.05) is 17.5 Å². The van der Waals surface area contributed by atoms with E-state index in [9.17, 15) is 9.90 Å². The Morgan fingerprint density at radius 2 is 2.26 bits per heavy atom. The fourth-order valence-corrected chi connectivity index (χ4v) is 3.04. The maximum atomic E-state index is 12.4. The molecule has 23 heavy (non-hydrogen) atoms. The lowest BCUT2D eigenvalue weighted by atomic mass is 10.2. The average Bonchev–Trinajstić information content (AvgIpc) is 3.04. The molecule has 3 rings (SSSR count). The van der Waals surface area contributed by atoms with Crippen LogP contribution in [0.5, 0.6) is 0 Å².